The van der Waals surface area contributed by atoms with Gasteiger partial charge in [-0.3, -0.25) is 0 Å². The van der Waals surface area contributed by atoms with Crippen molar-refractivity contribution in [2.24, 2.45) is 5.73 Å². The van der Waals surface area contributed by atoms with Gasteiger partial charge in [-0.15, -0.1) is 0 Å². The minimum atomic E-state index is 0.562. The molecule has 0 spiro atoms. The van der Waals surface area contributed by atoms with Gasteiger partial charge in [0.25, 0.3) is 0 Å². The van der Waals surface area contributed by atoms with Gasteiger partial charge in [0.15, 0.2) is 11.5 Å². The van der Waals surface area contributed by atoms with E-state index in [2.05, 4.69) is 4.98 Å². The standard InChI is InChI=1S/C14H16N2O3/c1-9-6-12-13(18-5-4-17-12)7-11(9)14-16-10(2-3-15)8-19-14/h6-8H,2-5,15H2,1H3. The summed E-state index contributed by atoms with van der Waals surface area (Å²) < 4.78 is 16.6. The number of rotatable bonds is 3. The summed E-state index contributed by atoms with van der Waals surface area (Å²) in [4.78, 5) is 4.44. The zero-order valence-corrected chi connectivity index (χ0v) is 10.8. The summed E-state index contributed by atoms with van der Waals surface area (Å²) in [5.74, 6) is 2.12. The van der Waals surface area contributed by atoms with Crippen LogP contribution in [0.2, 0.25) is 0 Å². The molecule has 1 aliphatic rings. The van der Waals surface area contributed by atoms with Crippen molar-refractivity contribution in [2.45, 2.75) is 13.3 Å². The fourth-order valence-corrected chi connectivity index (χ4v) is 2.11. The molecule has 100 valence electrons. The van der Waals surface area contributed by atoms with Crippen molar-refractivity contribution < 1.29 is 13.9 Å². The lowest BCUT2D eigenvalue weighted by atomic mass is 10.1. The highest BCUT2D eigenvalue weighted by molar-refractivity contribution is 5.65. The SMILES string of the molecule is Cc1cc2c(cc1-c1nc(CCN)co1)OCCO2. The van der Waals surface area contributed by atoms with Crippen LogP contribution >= 0.6 is 0 Å². The van der Waals surface area contributed by atoms with Gasteiger partial charge in [0, 0.05) is 12.0 Å². The van der Waals surface area contributed by atoms with Crippen LogP contribution in [0.4, 0.5) is 0 Å². The van der Waals surface area contributed by atoms with E-state index in [4.69, 9.17) is 19.6 Å². The number of nitrogens with zero attached hydrogens (tertiary/aromatic N) is 1. The highest BCUT2D eigenvalue weighted by Gasteiger charge is 2.17. The molecule has 3 rings (SSSR count). The number of oxazole rings is 1. The Morgan fingerprint density at radius 3 is 2.68 bits per heavy atom. The number of fused-ring (bicyclic) bond motifs is 1. The zero-order chi connectivity index (χ0) is 13.2. The van der Waals surface area contributed by atoms with Gasteiger partial charge in [0.05, 0.1) is 5.69 Å². The molecule has 2 heterocycles. The molecule has 0 saturated heterocycles. The van der Waals surface area contributed by atoms with Gasteiger partial charge in [0.2, 0.25) is 5.89 Å². The Labute approximate surface area is 111 Å². The first-order valence-corrected chi connectivity index (χ1v) is 6.33. The minimum absolute atomic E-state index is 0.562. The molecule has 0 aliphatic carbocycles. The van der Waals surface area contributed by atoms with Crippen molar-refractivity contribution in [1.29, 1.82) is 0 Å². The van der Waals surface area contributed by atoms with Crippen molar-refractivity contribution in [1.82, 2.24) is 4.98 Å². The Bertz CT molecular complexity index is 592. The number of nitrogens with two attached hydrogens (primary N) is 1. The third-order valence-electron chi connectivity index (χ3n) is 3.07. The molecule has 0 amide bonds. The monoisotopic (exact) mass is 260 g/mol. The van der Waals surface area contributed by atoms with E-state index in [9.17, 15) is 0 Å². The van der Waals surface area contributed by atoms with E-state index in [1.807, 2.05) is 19.1 Å². The smallest absolute Gasteiger partial charge is 0.226 e. The Morgan fingerprint density at radius 2 is 1.95 bits per heavy atom. The molecule has 19 heavy (non-hydrogen) atoms. The molecule has 2 aromatic rings. The van der Waals surface area contributed by atoms with Crippen LogP contribution in [0.25, 0.3) is 11.5 Å². The van der Waals surface area contributed by atoms with Crippen molar-refractivity contribution in [3.63, 3.8) is 0 Å². The molecule has 1 aromatic heterocycles. The second kappa shape index (κ2) is 4.93. The minimum Gasteiger partial charge on any atom is -0.486 e. The van der Waals surface area contributed by atoms with Gasteiger partial charge < -0.3 is 19.6 Å². The summed E-state index contributed by atoms with van der Waals surface area (Å²) in [7, 11) is 0. The van der Waals surface area contributed by atoms with Crippen LogP contribution in [0.15, 0.2) is 22.8 Å². The lowest BCUT2D eigenvalue weighted by Crippen LogP contribution is -2.15. The first-order valence-electron chi connectivity index (χ1n) is 6.33. The maximum atomic E-state index is 5.58. The fraction of sp³-hybridized carbons (Fsp3) is 0.357. The van der Waals surface area contributed by atoms with E-state index >= 15 is 0 Å². The maximum Gasteiger partial charge on any atom is 0.226 e. The number of benzene rings is 1. The van der Waals surface area contributed by atoms with E-state index in [0.29, 0.717) is 32.1 Å². The summed E-state index contributed by atoms with van der Waals surface area (Å²) in [6.07, 6.45) is 2.37. The molecule has 0 saturated carbocycles. The van der Waals surface area contributed by atoms with Gasteiger partial charge in [-0.25, -0.2) is 4.98 Å². The van der Waals surface area contributed by atoms with E-state index in [1.54, 1.807) is 6.26 Å². The summed E-state index contributed by atoms with van der Waals surface area (Å²) >= 11 is 0. The topological polar surface area (TPSA) is 70.5 Å². The third-order valence-corrected chi connectivity index (χ3v) is 3.07. The molecule has 5 heteroatoms. The second-order valence-corrected chi connectivity index (χ2v) is 4.49. The average Bonchev–Trinajstić information content (AvgIpc) is 2.87. The van der Waals surface area contributed by atoms with Gasteiger partial charge in [-0.1, -0.05) is 0 Å². The summed E-state index contributed by atoms with van der Waals surface area (Å²) in [5, 5.41) is 0. The molecule has 2 N–H and O–H groups in total. The van der Waals surface area contributed by atoms with Crippen LogP contribution < -0.4 is 15.2 Å². The first kappa shape index (κ1) is 12.0. The molecule has 0 bridgehead atoms. The molecule has 5 nitrogen and oxygen atoms in total. The normalized spacial score (nSPS) is 13.6. The highest BCUT2D eigenvalue weighted by atomic mass is 16.6. The number of hydrogen-bond acceptors (Lipinski definition) is 5. The lowest BCUT2D eigenvalue weighted by Gasteiger charge is -2.19. The molecule has 1 aliphatic heterocycles. The quantitative estimate of drug-likeness (QED) is 0.913. The number of hydrogen-bond donors (Lipinski definition) is 1. The van der Waals surface area contributed by atoms with E-state index in [1.165, 1.54) is 0 Å². The van der Waals surface area contributed by atoms with Crippen LogP contribution in [0.3, 0.4) is 0 Å². The predicted molar refractivity (Wildman–Crippen MR) is 70.4 cm³/mol. The van der Waals surface area contributed by atoms with E-state index in [0.717, 1.165) is 28.3 Å². The summed E-state index contributed by atoms with van der Waals surface area (Å²) in [6.45, 7) is 3.72. The van der Waals surface area contributed by atoms with Crippen molar-refractivity contribution in [3.05, 3.63) is 29.7 Å². The number of ether oxygens (including phenoxy) is 2. The summed E-state index contributed by atoms with van der Waals surface area (Å²) in [5.41, 5.74) is 8.35. The Hall–Kier alpha value is -2.01. The predicted octanol–water partition coefficient (Wildman–Crippen LogP) is 1.92. The van der Waals surface area contributed by atoms with E-state index in [-0.39, 0.29) is 0 Å². The molecule has 0 unspecified atom stereocenters. The van der Waals surface area contributed by atoms with Crippen molar-refractivity contribution in [2.75, 3.05) is 19.8 Å². The third kappa shape index (κ3) is 2.29. The molecular formula is C14H16N2O3. The van der Waals surface area contributed by atoms with Crippen LogP contribution in [0.5, 0.6) is 11.5 Å². The van der Waals surface area contributed by atoms with Crippen molar-refractivity contribution in [3.8, 4) is 23.0 Å². The van der Waals surface area contributed by atoms with Crippen LogP contribution in [-0.2, 0) is 6.42 Å². The lowest BCUT2D eigenvalue weighted by molar-refractivity contribution is 0.171. The Balaban J connectivity index is 1.99. The zero-order valence-electron chi connectivity index (χ0n) is 10.8. The van der Waals surface area contributed by atoms with Gasteiger partial charge >= 0.3 is 0 Å². The van der Waals surface area contributed by atoms with Gasteiger partial charge in [-0.2, -0.15) is 0 Å². The van der Waals surface area contributed by atoms with E-state index < -0.39 is 0 Å². The first-order chi connectivity index (χ1) is 9.28. The van der Waals surface area contributed by atoms with Crippen molar-refractivity contribution >= 4 is 0 Å². The van der Waals surface area contributed by atoms with Gasteiger partial charge in [0.1, 0.15) is 19.5 Å². The van der Waals surface area contributed by atoms with Crippen LogP contribution in [-0.4, -0.2) is 24.7 Å². The Kier molecular flexibility index (Phi) is 3.13. The summed E-state index contributed by atoms with van der Waals surface area (Å²) in [6, 6.07) is 3.87. The second-order valence-electron chi connectivity index (χ2n) is 4.49. The molecule has 0 fully saturated rings. The highest BCUT2D eigenvalue weighted by Crippen LogP contribution is 2.36. The molecular weight excluding hydrogens is 244 g/mol. The number of aryl methyl sites for hydroxylation is 1. The molecule has 1 aromatic carbocycles. The molecule has 0 atom stereocenters. The maximum absolute atomic E-state index is 5.58. The van der Waals surface area contributed by atoms with Crippen LogP contribution in [0.1, 0.15) is 11.3 Å². The van der Waals surface area contributed by atoms with Crippen LogP contribution in [0, 0.1) is 6.92 Å². The molecule has 0 radical (unpaired) electrons. The largest absolute Gasteiger partial charge is 0.486 e. The average molecular weight is 260 g/mol. The number of aromatic nitrogens is 1. The fourth-order valence-electron chi connectivity index (χ4n) is 2.11. The van der Waals surface area contributed by atoms with Gasteiger partial charge in [-0.05, 0) is 31.2 Å². The Morgan fingerprint density at radius 1 is 1.21 bits per heavy atom.